The van der Waals surface area contributed by atoms with Gasteiger partial charge in [0.2, 0.25) is 0 Å². The second kappa shape index (κ2) is 11.7. The minimum absolute atomic E-state index is 0.503. The summed E-state index contributed by atoms with van der Waals surface area (Å²) >= 11 is 3.44. The summed E-state index contributed by atoms with van der Waals surface area (Å²) in [5.74, 6) is 16.1. The summed E-state index contributed by atoms with van der Waals surface area (Å²) in [4.78, 5) is 2.32. The van der Waals surface area contributed by atoms with E-state index in [-0.39, 0.29) is 0 Å². The van der Waals surface area contributed by atoms with Crippen LogP contribution >= 0.6 is 22.7 Å². The lowest BCUT2D eigenvalue weighted by atomic mass is 9.99. The zero-order chi connectivity index (χ0) is 25.6. The molecule has 0 atom stereocenters. The monoisotopic (exact) mass is 538 g/mol. The largest absolute Gasteiger partial charge is 0.492 e. The number of benzene rings is 2. The van der Waals surface area contributed by atoms with Gasteiger partial charge in [-0.15, -0.1) is 22.7 Å². The molecule has 2 aromatic carbocycles. The molecule has 0 saturated heterocycles. The van der Waals surface area contributed by atoms with Crippen LogP contribution in [0.2, 0.25) is 0 Å². The highest BCUT2D eigenvalue weighted by Crippen LogP contribution is 2.52. The van der Waals surface area contributed by atoms with Crippen molar-refractivity contribution in [2.24, 2.45) is 0 Å². The van der Waals surface area contributed by atoms with Gasteiger partial charge >= 0.3 is 0 Å². The zero-order valence-corrected chi connectivity index (χ0v) is 22.5. The summed E-state index contributed by atoms with van der Waals surface area (Å²) in [6.45, 7) is 2.01. The fraction of sp³-hybridized carbons (Fsp3) is 0.250. The van der Waals surface area contributed by atoms with Crippen LogP contribution in [0.1, 0.15) is 25.7 Å². The van der Waals surface area contributed by atoms with Gasteiger partial charge in [-0.05, 0) is 47.2 Å². The molecule has 2 bridgehead atoms. The summed E-state index contributed by atoms with van der Waals surface area (Å²) in [5.41, 5.74) is 4.09. The lowest BCUT2D eigenvalue weighted by Gasteiger charge is -2.18. The molecule has 0 radical (unpaired) electrons. The maximum atomic E-state index is 6.30. The van der Waals surface area contributed by atoms with Crippen LogP contribution < -0.4 is 18.9 Å². The molecule has 0 aliphatic carbocycles. The third-order valence-corrected chi connectivity index (χ3v) is 8.23. The molecular formula is C32H26O4S2. The van der Waals surface area contributed by atoms with Gasteiger partial charge in [0.05, 0.1) is 47.3 Å². The number of rotatable bonds is 0. The van der Waals surface area contributed by atoms with Crippen LogP contribution in [0.15, 0.2) is 59.3 Å². The SMILES string of the molecule is C1#CCCOc2cccc3c2-c2ccsc2-c2sccc2-c2c(cccc2OCCC#CCCO3)OCC1. The van der Waals surface area contributed by atoms with Gasteiger partial charge < -0.3 is 18.9 Å². The predicted octanol–water partition coefficient (Wildman–Crippen LogP) is 7.92. The number of hydrogen-bond donors (Lipinski definition) is 0. The van der Waals surface area contributed by atoms with Crippen molar-refractivity contribution >= 4 is 22.7 Å². The highest BCUT2D eigenvalue weighted by Gasteiger charge is 2.24. The Morgan fingerprint density at radius 1 is 0.474 bits per heavy atom. The first-order chi connectivity index (χ1) is 18.9. The molecule has 6 rings (SSSR count). The maximum absolute atomic E-state index is 6.30. The van der Waals surface area contributed by atoms with Crippen LogP contribution in [0.4, 0.5) is 0 Å². The van der Waals surface area contributed by atoms with E-state index >= 15 is 0 Å². The molecule has 0 amide bonds. The molecule has 0 spiro atoms. The van der Waals surface area contributed by atoms with Gasteiger partial charge in [0, 0.05) is 36.8 Å². The highest BCUT2D eigenvalue weighted by molar-refractivity contribution is 7.21. The van der Waals surface area contributed by atoms with E-state index in [4.69, 9.17) is 18.9 Å². The van der Waals surface area contributed by atoms with Gasteiger partial charge in [-0.1, -0.05) is 35.8 Å². The van der Waals surface area contributed by atoms with Crippen LogP contribution in [-0.4, -0.2) is 26.4 Å². The minimum Gasteiger partial charge on any atom is -0.492 e. The zero-order valence-electron chi connectivity index (χ0n) is 20.9. The fourth-order valence-corrected chi connectivity index (χ4v) is 6.60. The van der Waals surface area contributed by atoms with Crippen molar-refractivity contribution < 1.29 is 18.9 Å². The summed E-state index contributed by atoms with van der Waals surface area (Å²) < 4.78 is 25.2. The normalized spacial score (nSPS) is 14.8. The molecule has 38 heavy (non-hydrogen) atoms. The molecule has 2 aliphatic heterocycles. The molecule has 4 heterocycles. The topological polar surface area (TPSA) is 36.9 Å². The molecule has 2 aliphatic rings. The smallest absolute Gasteiger partial charge is 0.130 e. The average molecular weight is 539 g/mol. The molecule has 2 aromatic heterocycles. The van der Waals surface area contributed by atoms with Crippen molar-refractivity contribution in [2.45, 2.75) is 25.7 Å². The minimum atomic E-state index is 0.503. The van der Waals surface area contributed by atoms with Crippen molar-refractivity contribution in [1.29, 1.82) is 0 Å². The molecular weight excluding hydrogens is 512 g/mol. The molecule has 0 saturated carbocycles. The van der Waals surface area contributed by atoms with E-state index in [0.717, 1.165) is 55.0 Å². The van der Waals surface area contributed by atoms with Crippen LogP contribution in [0.25, 0.3) is 32.0 Å². The van der Waals surface area contributed by atoms with E-state index < -0.39 is 0 Å². The van der Waals surface area contributed by atoms with Crippen molar-refractivity contribution in [2.75, 3.05) is 26.4 Å². The Bertz CT molecular complexity index is 1370. The Morgan fingerprint density at radius 2 is 0.816 bits per heavy atom. The molecule has 0 N–H and O–H groups in total. The van der Waals surface area contributed by atoms with Gasteiger partial charge in [-0.25, -0.2) is 0 Å². The molecule has 0 unspecified atom stereocenters. The van der Waals surface area contributed by atoms with Gasteiger partial charge in [-0.2, -0.15) is 0 Å². The highest BCUT2D eigenvalue weighted by atomic mass is 32.1. The van der Waals surface area contributed by atoms with Crippen LogP contribution in [-0.2, 0) is 0 Å². The summed E-state index contributed by atoms with van der Waals surface area (Å²) in [5, 5.41) is 4.27. The summed E-state index contributed by atoms with van der Waals surface area (Å²) in [6, 6.07) is 16.4. The molecule has 6 heteroatoms. The number of hydrogen-bond acceptors (Lipinski definition) is 6. The van der Waals surface area contributed by atoms with E-state index in [9.17, 15) is 0 Å². The fourth-order valence-electron chi connectivity index (χ4n) is 4.60. The molecule has 0 fully saturated rings. The van der Waals surface area contributed by atoms with Crippen molar-refractivity contribution in [3.63, 3.8) is 0 Å². The van der Waals surface area contributed by atoms with Gasteiger partial charge in [0.15, 0.2) is 0 Å². The lowest BCUT2D eigenvalue weighted by Crippen LogP contribution is -2.04. The second-order valence-corrected chi connectivity index (χ2v) is 10.5. The summed E-state index contributed by atoms with van der Waals surface area (Å²) in [6.07, 6.45) is 2.56. The van der Waals surface area contributed by atoms with Gasteiger partial charge in [-0.3, -0.25) is 0 Å². The Hall–Kier alpha value is -3.84. The van der Waals surface area contributed by atoms with E-state index in [2.05, 4.69) is 46.6 Å². The Balaban J connectivity index is 1.60. The number of ether oxygens (including phenoxy) is 4. The van der Waals surface area contributed by atoms with E-state index in [1.807, 2.05) is 36.4 Å². The quantitative estimate of drug-likeness (QED) is 0.213. The molecule has 4 aromatic rings. The maximum Gasteiger partial charge on any atom is 0.130 e. The third-order valence-electron chi connectivity index (χ3n) is 6.24. The predicted molar refractivity (Wildman–Crippen MR) is 155 cm³/mol. The molecule has 190 valence electrons. The van der Waals surface area contributed by atoms with Gasteiger partial charge in [0.25, 0.3) is 0 Å². The molecule has 4 nitrogen and oxygen atoms in total. The second-order valence-electron chi connectivity index (χ2n) is 8.69. The first kappa shape index (κ1) is 24.5. The Morgan fingerprint density at radius 3 is 1.16 bits per heavy atom. The van der Waals surface area contributed by atoms with Crippen LogP contribution in [0.3, 0.4) is 0 Å². The number of thiophene rings is 2. The van der Waals surface area contributed by atoms with Crippen molar-refractivity contribution in [3.05, 3.63) is 59.3 Å². The van der Waals surface area contributed by atoms with Crippen LogP contribution in [0.5, 0.6) is 23.0 Å². The Kier molecular flexibility index (Phi) is 7.54. The third kappa shape index (κ3) is 5.11. The van der Waals surface area contributed by atoms with E-state index in [0.29, 0.717) is 52.1 Å². The average Bonchev–Trinajstić information content (AvgIpc) is 3.60. The van der Waals surface area contributed by atoms with Crippen molar-refractivity contribution in [1.82, 2.24) is 0 Å². The van der Waals surface area contributed by atoms with E-state index in [1.54, 1.807) is 22.7 Å². The van der Waals surface area contributed by atoms with E-state index in [1.165, 1.54) is 0 Å². The Labute approximate surface area is 231 Å². The van der Waals surface area contributed by atoms with Crippen molar-refractivity contribution in [3.8, 4) is 78.7 Å². The lowest BCUT2D eigenvalue weighted by molar-refractivity contribution is 0.310. The first-order valence-corrected chi connectivity index (χ1v) is 14.5. The van der Waals surface area contributed by atoms with Gasteiger partial charge in [0.1, 0.15) is 23.0 Å². The summed E-state index contributed by atoms with van der Waals surface area (Å²) in [7, 11) is 0. The standard InChI is InChI=1S/C32H26O4S2/c1-2-6-18-34-26-12-10-14-28-30(26)24-16-22-38-32(24)31-23(15-21-37-31)29-25(33-17-5-1)11-9-13-27(29)35-19-7-3-4-8-20-36-28/h9-16,21-22H,5-8,17-20H2. The van der Waals surface area contributed by atoms with Crippen LogP contribution in [0, 0.1) is 23.7 Å². The first-order valence-electron chi connectivity index (χ1n) is 12.7.